The predicted octanol–water partition coefficient (Wildman–Crippen LogP) is 2.02. The van der Waals surface area contributed by atoms with Gasteiger partial charge in [0, 0.05) is 6.20 Å². The summed E-state index contributed by atoms with van der Waals surface area (Å²) < 4.78 is 25.9. The lowest BCUT2D eigenvalue weighted by Gasteiger charge is -2.08. The van der Waals surface area contributed by atoms with Gasteiger partial charge in [-0.3, -0.25) is 20.4 Å². The fraction of sp³-hybridized carbons (Fsp3) is 0. The molecular weight excluding hydrogens is 292 g/mol. The molecular formula is C12H8ClF2N3O2. The molecule has 8 heteroatoms. The van der Waals surface area contributed by atoms with Crippen LogP contribution in [0.5, 0.6) is 0 Å². The standard InChI is InChI=1S/C12H8ClF2N3O2/c13-7-5-9(15)8(14)4-6(7)11(19)17-18-12(20)10-2-1-3-16-10/h1-5,16H,(H,17,19)(H,18,20). The molecule has 0 unspecified atom stereocenters. The number of hydrazine groups is 1. The van der Waals surface area contributed by atoms with Gasteiger partial charge in [-0.25, -0.2) is 8.78 Å². The van der Waals surface area contributed by atoms with E-state index in [1.165, 1.54) is 12.3 Å². The van der Waals surface area contributed by atoms with Gasteiger partial charge in [0.2, 0.25) is 0 Å². The molecule has 0 spiro atoms. The van der Waals surface area contributed by atoms with Gasteiger partial charge >= 0.3 is 0 Å². The van der Waals surface area contributed by atoms with Gasteiger partial charge in [0.05, 0.1) is 10.6 Å². The number of hydrogen-bond acceptors (Lipinski definition) is 2. The van der Waals surface area contributed by atoms with Crippen molar-refractivity contribution in [2.24, 2.45) is 0 Å². The van der Waals surface area contributed by atoms with Gasteiger partial charge in [0.15, 0.2) is 11.6 Å². The summed E-state index contributed by atoms with van der Waals surface area (Å²) >= 11 is 5.62. The largest absolute Gasteiger partial charge is 0.357 e. The first-order valence-electron chi connectivity index (χ1n) is 5.37. The van der Waals surface area contributed by atoms with E-state index in [9.17, 15) is 18.4 Å². The van der Waals surface area contributed by atoms with Crippen LogP contribution in [0, 0.1) is 11.6 Å². The molecule has 2 rings (SSSR count). The molecule has 1 heterocycles. The van der Waals surface area contributed by atoms with Crippen LogP contribution in [0.1, 0.15) is 20.8 Å². The molecule has 0 saturated heterocycles. The Morgan fingerprint density at radius 2 is 1.75 bits per heavy atom. The molecule has 1 aromatic heterocycles. The van der Waals surface area contributed by atoms with Crippen LogP contribution in [0.2, 0.25) is 5.02 Å². The Morgan fingerprint density at radius 1 is 1.10 bits per heavy atom. The van der Waals surface area contributed by atoms with Gasteiger partial charge in [-0.1, -0.05) is 11.6 Å². The van der Waals surface area contributed by atoms with Crippen LogP contribution in [0.15, 0.2) is 30.5 Å². The minimum absolute atomic E-state index is 0.224. The molecule has 0 saturated carbocycles. The maximum Gasteiger partial charge on any atom is 0.286 e. The Balaban J connectivity index is 2.06. The minimum Gasteiger partial charge on any atom is -0.357 e. The Morgan fingerprint density at radius 3 is 2.40 bits per heavy atom. The molecule has 0 bridgehead atoms. The summed E-state index contributed by atoms with van der Waals surface area (Å²) in [5.74, 6) is -3.84. The Kier molecular flexibility index (Phi) is 3.99. The number of amides is 2. The summed E-state index contributed by atoms with van der Waals surface area (Å²) in [4.78, 5) is 25.8. The van der Waals surface area contributed by atoms with E-state index in [0.29, 0.717) is 12.1 Å². The van der Waals surface area contributed by atoms with E-state index in [2.05, 4.69) is 10.4 Å². The zero-order chi connectivity index (χ0) is 14.7. The van der Waals surface area contributed by atoms with E-state index in [4.69, 9.17) is 11.6 Å². The average Bonchev–Trinajstić information content (AvgIpc) is 2.94. The number of halogens is 3. The van der Waals surface area contributed by atoms with Gasteiger partial charge in [0.25, 0.3) is 11.8 Å². The van der Waals surface area contributed by atoms with Gasteiger partial charge in [-0.15, -0.1) is 0 Å². The van der Waals surface area contributed by atoms with E-state index in [0.717, 1.165) is 0 Å². The highest BCUT2D eigenvalue weighted by Crippen LogP contribution is 2.19. The molecule has 0 aliphatic carbocycles. The molecule has 5 nitrogen and oxygen atoms in total. The van der Waals surface area contributed by atoms with Crippen LogP contribution < -0.4 is 10.9 Å². The SMILES string of the molecule is O=C(NNC(=O)c1cc(F)c(F)cc1Cl)c1ccc[nH]1. The monoisotopic (exact) mass is 299 g/mol. The van der Waals surface area contributed by atoms with Gasteiger partial charge in [0.1, 0.15) is 5.69 Å². The highest BCUT2D eigenvalue weighted by Gasteiger charge is 2.16. The van der Waals surface area contributed by atoms with Crippen molar-refractivity contribution in [3.05, 3.63) is 58.4 Å². The molecule has 0 fully saturated rings. The summed E-state index contributed by atoms with van der Waals surface area (Å²) in [5.41, 5.74) is 4.07. The first kappa shape index (κ1) is 14.0. The number of carbonyl (C=O) groups is 2. The molecule has 2 aromatic rings. The third kappa shape index (κ3) is 2.94. The van der Waals surface area contributed by atoms with Crippen molar-refractivity contribution >= 4 is 23.4 Å². The normalized spacial score (nSPS) is 10.2. The maximum absolute atomic E-state index is 13.0. The Hall–Kier alpha value is -2.41. The third-order valence-corrected chi connectivity index (χ3v) is 2.70. The van der Waals surface area contributed by atoms with E-state index in [1.807, 2.05) is 5.43 Å². The van der Waals surface area contributed by atoms with Gasteiger partial charge < -0.3 is 4.98 Å². The molecule has 0 radical (unpaired) electrons. The molecule has 2 amide bonds. The molecule has 0 atom stereocenters. The van der Waals surface area contributed by atoms with Crippen molar-refractivity contribution in [1.82, 2.24) is 15.8 Å². The number of nitrogens with one attached hydrogen (secondary N) is 3. The number of benzene rings is 1. The summed E-state index contributed by atoms with van der Waals surface area (Å²) in [7, 11) is 0. The lowest BCUT2D eigenvalue weighted by molar-refractivity contribution is 0.0844. The van der Waals surface area contributed by atoms with Crippen LogP contribution >= 0.6 is 11.6 Å². The quantitative estimate of drug-likeness (QED) is 0.586. The average molecular weight is 300 g/mol. The second-order valence-corrected chi connectivity index (χ2v) is 4.15. The number of carbonyl (C=O) groups excluding carboxylic acids is 2. The van der Waals surface area contributed by atoms with E-state index in [1.54, 1.807) is 6.07 Å². The van der Waals surface area contributed by atoms with Crippen LogP contribution in [0.25, 0.3) is 0 Å². The fourth-order valence-electron chi connectivity index (χ4n) is 1.42. The van der Waals surface area contributed by atoms with E-state index < -0.39 is 23.4 Å². The Labute approximate surface area is 116 Å². The molecule has 1 aromatic carbocycles. The lowest BCUT2D eigenvalue weighted by atomic mass is 10.2. The third-order valence-electron chi connectivity index (χ3n) is 2.39. The number of aromatic amines is 1. The zero-order valence-electron chi connectivity index (χ0n) is 9.84. The van der Waals surface area contributed by atoms with Crippen LogP contribution in [-0.4, -0.2) is 16.8 Å². The minimum atomic E-state index is -1.21. The Bertz CT molecular complexity index is 659. The summed E-state index contributed by atoms with van der Waals surface area (Å²) in [6.45, 7) is 0. The smallest absolute Gasteiger partial charge is 0.286 e. The first-order valence-corrected chi connectivity index (χ1v) is 5.75. The van der Waals surface area contributed by atoms with Crippen molar-refractivity contribution < 1.29 is 18.4 Å². The van der Waals surface area contributed by atoms with Crippen molar-refractivity contribution in [1.29, 1.82) is 0 Å². The summed E-state index contributed by atoms with van der Waals surface area (Å²) in [5, 5.41) is -0.268. The summed E-state index contributed by atoms with van der Waals surface area (Å²) in [6.07, 6.45) is 1.53. The van der Waals surface area contributed by atoms with Gasteiger partial charge in [-0.05, 0) is 24.3 Å². The van der Waals surface area contributed by atoms with Gasteiger partial charge in [-0.2, -0.15) is 0 Å². The molecule has 0 aliphatic heterocycles. The highest BCUT2D eigenvalue weighted by atomic mass is 35.5. The van der Waals surface area contributed by atoms with Crippen molar-refractivity contribution in [3.63, 3.8) is 0 Å². The maximum atomic E-state index is 13.0. The van der Waals surface area contributed by atoms with Crippen LogP contribution in [0.3, 0.4) is 0 Å². The van der Waals surface area contributed by atoms with Crippen LogP contribution in [0.4, 0.5) is 8.78 Å². The van der Waals surface area contributed by atoms with Crippen molar-refractivity contribution in [2.45, 2.75) is 0 Å². The second-order valence-electron chi connectivity index (χ2n) is 3.74. The number of H-pyrrole nitrogens is 1. The van der Waals surface area contributed by atoms with E-state index >= 15 is 0 Å². The topological polar surface area (TPSA) is 74.0 Å². The zero-order valence-corrected chi connectivity index (χ0v) is 10.6. The second kappa shape index (κ2) is 5.70. The first-order chi connectivity index (χ1) is 9.49. The fourth-order valence-corrected chi connectivity index (χ4v) is 1.65. The summed E-state index contributed by atoms with van der Waals surface area (Å²) in [6, 6.07) is 4.42. The number of rotatable bonds is 2. The molecule has 0 aliphatic rings. The van der Waals surface area contributed by atoms with Crippen molar-refractivity contribution in [3.8, 4) is 0 Å². The molecule has 3 N–H and O–H groups in total. The lowest BCUT2D eigenvalue weighted by Crippen LogP contribution is -2.41. The van der Waals surface area contributed by atoms with Crippen molar-refractivity contribution in [2.75, 3.05) is 0 Å². The molecule has 20 heavy (non-hydrogen) atoms. The number of hydrogen-bond donors (Lipinski definition) is 3. The van der Waals surface area contributed by atoms with E-state index in [-0.39, 0.29) is 16.3 Å². The molecule has 104 valence electrons. The number of aromatic nitrogens is 1. The predicted molar refractivity (Wildman–Crippen MR) is 67.1 cm³/mol. The van der Waals surface area contributed by atoms with Crippen LogP contribution in [-0.2, 0) is 0 Å². The highest BCUT2D eigenvalue weighted by molar-refractivity contribution is 6.33.